The molecule has 1 aliphatic rings. The van der Waals surface area contributed by atoms with Crippen LogP contribution in [-0.2, 0) is 0 Å². The van der Waals surface area contributed by atoms with Crippen molar-refractivity contribution < 1.29 is 14.2 Å². The maximum absolute atomic E-state index is 10.3. The summed E-state index contributed by atoms with van der Waals surface area (Å²) < 4.78 is 16.8. The minimum atomic E-state index is 0.322. The summed E-state index contributed by atoms with van der Waals surface area (Å²) >= 11 is 0. The van der Waals surface area contributed by atoms with Crippen molar-refractivity contribution in [2.24, 2.45) is 0 Å². The van der Waals surface area contributed by atoms with E-state index in [2.05, 4.69) is 11.0 Å². The van der Waals surface area contributed by atoms with Crippen molar-refractivity contribution in [3.8, 4) is 45.7 Å². The van der Waals surface area contributed by atoms with Crippen LogP contribution in [0.5, 0.6) is 17.2 Å². The highest BCUT2D eigenvalue weighted by Gasteiger charge is 2.25. The van der Waals surface area contributed by atoms with Gasteiger partial charge >= 0.3 is 0 Å². The van der Waals surface area contributed by atoms with E-state index in [1.807, 2.05) is 49.4 Å². The molecule has 0 bridgehead atoms. The monoisotopic (exact) mass is 495 g/mol. The van der Waals surface area contributed by atoms with Gasteiger partial charge in [0, 0.05) is 18.7 Å². The summed E-state index contributed by atoms with van der Waals surface area (Å²) in [7, 11) is 4.73. The van der Waals surface area contributed by atoms with Gasteiger partial charge in [-0.2, -0.15) is 5.26 Å². The van der Waals surface area contributed by atoms with Crippen molar-refractivity contribution in [1.82, 2.24) is 9.97 Å². The Morgan fingerprint density at radius 3 is 2.11 bits per heavy atom. The molecule has 2 aromatic heterocycles. The summed E-state index contributed by atoms with van der Waals surface area (Å²) in [6, 6.07) is 16.2. The van der Waals surface area contributed by atoms with Gasteiger partial charge in [0.1, 0.15) is 17.5 Å². The number of aromatic nitrogens is 2. The van der Waals surface area contributed by atoms with Crippen LogP contribution in [0.2, 0.25) is 0 Å². The molecule has 0 aliphatic carbocycles. The van der Waals surface area contributed by atoms with Crippen LogP contribution in [0.1, 0.15) is 24.0 Å². The molecule has 1 saturated heterocycles. The summed E-state index contributed by atoms with van der Waals surface area (Å²) in [5, 5.41) is 10.9. The van der Waals surface area contributed by atoms with Gasteiger partial charge < -0.3 is 24.8 Å². The number of fused-ring (bicyclic) bond motifs is 1. The number of anilines is 2. The molecule has 2 N–H and O–H groups in total. The van der Waals surface area contributed by atoms with Crippen molar-refractivity contribution in [2.75, 3.05) is 45.1 Å². The maximum atomic E-state index is 10.3. The molecule has 0 saturated carbocycles. The number of nitriles is 1. The second-order valence-corrected chi connectivity index (χ2v) is 9.06. The van der Waals surface area contributed by atoms with Crippen molar-refractivity contribution >= 4 is 22.5 Å². The van der Waals surface area contributed by atoms with Crippen molar-refractivity contribution in [1.29, 1.82) is 5.26 Å². The number of ether oxygens (including phenoxy) is 3. The third-order valence-electron chi connectivity index (χ3n) is 6.80. The molecular weight excluding hydrogens is 466 g/mol. The molecule has 37 heavy (non-hydrogen) atoms. The van der Waals surface area contributed by atoms with Gasteiger partial charge in [0.2, 0.25) is 5.75 Å². The molecule has 1 aliphatic heterocycles. The fourth-order valence-electron chi connectivity index (χ4n) is 4.91. The summed E-state index contributed by atoms with van der Waals surface area (Å²) in [5.74, 6) is 2.43. The zero-order valence-electron chi connectivity index (χ0n) is 21.5. The molecule has 0 atom stereocenters. The van der Waals surface area contributed by atoms with Gasteiger partial charge in [0.25, 0.3) is 0 Å². The fraction of sp³-hybridized carbons (Fsp3) is 0.276. The largest absolute Gasteiger partial charge is 0.493 e. The number of rotatable bonds is 6. The smallest absolute Gasteiger partial charge is 0.203 e. The number of hydrogen-bond acceptors (Lipinski definition) is 8. The molecule has 188 valence electrons. The molecule has 8 nitrogen and oxygen atoms in total. The van der Waals surface area contributed by atoms with Crippen LogP contribution in [0.15, 0.2) is 42.5 Å². The quantitative estimate of drug-likeness (QED) is 0.381. The molecule has 2 aromatic carbocycles. The van der Waals surface area contributed by atoms with Crippen LogP contribution in [0.4, 0.5) is 11.6 Å². The first-order chi connectivity index (χ1) is 18.0. The van der Waals surface area contributed by atoms with E-state index >= 15 is 0 Å². The van der Waals surface area contributed by atoms with Crippen LogP contribution in [0, 0.1) is 18.3 Å². The van der Waals surface area contributed by atoms with Gasteiger partial charge in [0.15, 0.2) is 17.3 Å². The number of nitrogen functional groups attached to an aromatic ring is 1. The van der Waals surface area contributed by atoms with Crippen molar-refractivity contribution in [3.05, 3.63) is 53.6 Å². The topological polar surface area (TPSA) is 107 Å². The number of hydrogen-bond donors (Lipinski definition) is 1. The number of nitrogens with zero attached hydrogens (tertiary/aromatic N) is 4. The SMILES string of the molecule is COc1cc(-c2cc(-c3ccc(C)cc3)nc3c(C#N)c(N4CCCC4)nc(N)c23)cc(OC)c1OC. The third kappa shape index (κ3) is 4.23. The lowest BCUT2D eigenvalue weighted by atomic mass is 9.96. The predicted octanol–water partition coefficient (Wildman–Crippen LogP) is 5.35. The van der Waals surface area contributed by atoms with Gasteiger partial charge in [-0.3, -0.25) is 0 Å². The Hall–Kier alpha value is -4.51. The molecule has 3 heterocycles. The van der Waals surface area contributed by atoms with E-state index in [-0.39, 0.29) is 0 Å². The van der Waals surface area contributed by atoms with E-state index in [1.165, 1.54) is 0 Å². The fourth-order valence-corrected chi connectivity index (χ4v) is 4.91. The first-order valence-corrected chi connectivity index (χ1v) is 12.2. The number of aryl methyl sites for hydroxylation is 1. The first kappa shape index (κ1) is 24.2. The van der Waals surface area contributed by atoms with E-state index in [0.717, 1.165) is 53.9 Å². The van der Waals surface area contributed by atoms with E-state index in [4.69, 9.17) is 29.9 Å². The van der Waals surface area contributed by atoms with Crippen molar-refractivity contribution in [2.45, 2.75) is 19.8 Å². The van der Waals surface area contributed by atoms with Crippen LogP contribution < -0.4 is 24.8 Å². The van der Waals surface area contributed by atoms with Crippen molar-refractivity contribution in [3.63, 3.8) is 0 Å². The minimum absolute atomic E-state index is 0.322. The van der Waals surface area contributed by atoms with Crippen LogP contribution in [0.3, 0.4) is 0 Å². The molecule has 5 rings (SSSR count). The summed E-state index contributed by atoms with van der Waals surface area (Å²) in [6.07, 6.45) is 2.11. The van der Waals surface area contributed by atoms with E-state index in [1.54, 1.807) is 21.3 Å². The molecule has 0 amide bonds. The van der Waals surface area contributed by atoms with Crippen LogP contribution in [0.25, 0.3) is 33.3 Å². The predicted molar refractivity (Wildman–Crippen MR) is 145 cm³/mol. The molecular formula is C29H29N5O3. The zero-order valence-corrected chi connectivity index (χ0v) is 21.5. The highest BCUT2D eigenvalue weighted by Crippen LogP contribution is 2.45. The summed E-state index contributed by atoms with van der Waals surface area (Å²) in [4.78, 5) is 11.8. The summed E-state index contributed by atoms with van der Waals surface area (Å²) in [6.45, 7) is 3.72. The van der Waals surface area contributed by atoms with Crippen LogP contribution in [-0.4, -0.2) is 44.4 Å². The highest BCUT2D eigenvalue weighted by atomic mass is 16.5. The Morgan fingerprint density at radius 1 is 0.892 bits per heavy atom. The lowest BCUT2D eigenvalue weighted by molar-refractivity contribution is 0.324. The Labute approximate surface area is 216 Å². The molecule has 0 radical (unpaired) electrons. The lowest BCUT2D eigenvalue weighted by Gasteiger charge is -2.21. The maximum Gasteiger partial charge on any atom is 0.203 e. The zero-order chi connectivity index (χ0) is 26.1. The number of nitrogens with two attached hydrogens (primary N) is 1. The Morgan fingerprint density at radius 2 is 1.54 bits per heavy atom. The Balaban J connectivity index is 1.87. The second-order valence-electron chi connectivity index (χ2n) is 9.06. The normalized spacial score (nSPS) is 13.0. The average Bonchev–Trinajstić information content (AvgIpc) is 3.47. The summed E-state index contributed by atoms with van der Waals surface area (Å²) in [5.41, 5.74) is 11.9. The molecule has 0 spiro atoms. The van der Waals surface area contributed by atoms with E-state index < -0.39 is 0 Å². The average molecular weight is 496 g/mol. The van der Waals surface area contributed by atoms with Gasteiger partial charge in [-0.15, -0.1) is 0 Å². The van der Waals surface area contributed by atoms with Gasteiger partial charge in [-0.05, 0) is 49.1 Å². The standard InChI is InChI=1S/C29H29N5O3/c1-17-7-9-18(10-8-17)22-15-20(19-13-23(35-2)27(37-4)24(14-19)36-3)25-26(32-22)21(16-30)29(33-28(25)31)34-11-5-6-12-34/h7-10,13-15H,5-6,11-12H2,1-4H3,(H2,31,33). The highest BCUT2D eigenvalue weighted by molar-refractivity contribution is 6.06. The molecule has 0 unspecified atom stereocenters. The molecule has 4 aromatic rings. The van der Waals surface area contributed by atoms with Gasteiger partial charge in [-0.1, -0.05) is 29.8 Å². The number of benzene rings is 2. The van der Waals surface area contributed by atoms with Crippen LogP contribution >= 0.6 is 0 Å². The lowest BCUT2D eigenvalue weighted by Crippen LogP contribution is -2.21. The van der Waals surface area contributed by atoms with E-state index in [9.17, 15) is 5.26 Å². The number of pyridine rings is 2. The Bertz CT molecular complexity index is 1500. The van der Waals surface area contributed by atoms with Gasteiger partial charge in [-0.25, -0.2) is 9.97 Å². The second kappa shape index (κ2) is 9.86. The Kier molecular flexibility index (Phi) is 6.45. The van der Waals surface area contributed by atoms with Gasteiger partial charge in [0.05, 0.1) is 37.9 Å². The van der Waals surface area contributed by atoms with E-state index in [0.29, 0.717) is 45.4 Å². The third-order valence-corrected chi connectivity index (χ3v) is 6.80. The molecule has 8 heteroatoms. The minimum Gasteiger partial charge on any atom is -0.493 e. The first-order valence-electron chi connectivity index (χ1n) is 12.2. The molecule has 1 fully saturated rings. The number of methoxy groups -OCH3 is 3.